The molecule has 4 aromatic rings. The number of hydrogen-bond acceptors (Lipinski definition) is 5. The first-order valence-electron chi connectivity index (χ1n) is 13.2. The molecule has 0 spiro atoms. The van der Waals surface area contributed by atoms with Crippen molar-refractivity contribution >= 4 is 18.2 Å². The number of rotatable bonds is 6. The summed E-state index contributed by atoms with van der Waals surface area (Å²) in [5, 5.41) is 9.67. The Bertz CT molecular complexity index is 1430. The molecule has 0 aliphatic heterocycles. The number of carboxylic acids is 1. The van der Waals surface area contributed by atoms with Crippen molar-refractivity contribution in [3.63, 3.8) is 0 Å². The molecule has 7 heteroatoms. The van der Waals surface area contributed by atoms with E-state index in [1.54, 1.807) is 0 Å². The molecule has 0 saturated heterocycles. The van der Waals surface area contributed by atoms with Gasteiger partial charge in [-0.1, -0.05) is 97.1 Å². The van der Waals surface area contributed by atoms with Crippen molar-refractivity contribution in [3.8, 4) is 22.3 Å². The molecule has 0 radical (unpaired) electrons. The van der Waals surface area contributed by atoms with Crippen molar-refractivity contribution in [2.45, 2.75) is 24.8 Å². The molecule has 2 aliphatic rings. The van der Waals surface area contributed by atoms with Gasteiger partial charge in [0, 0.05) is 11.8 Å². The van der Waals surface area contributed by atoms with Crippen molar-refractivity contribution in [2.24, 2.45) is 0 Å². The molecule has 40 heavy (non-hydrogen) atoms. The van der Waals surface area contributed by atoms with Crippen LogP contribution in [0.2, 0.25) is 0 Å². The molecular formula is C33H27NO6. The molecule has 4 aromatic carbocycles. The lowest BCUT2D eigenvalue weighted by molar-refractivity contribution is -0.141. The summed E-state index contributed by atoms with van der Waals surface area (Å²) in [7, 11) is 0. The number of carboxylic acid groups (broad SMARTS) is 1. The van der Waals surface area contributed by atoms with Gasteiger partial charge in [0.2, 0.25) is 0 Å². The van der Waals surface area contributed by atoms with Crippen LogP contribution in [0.4, 0.5) is 9.59 Å². The first-order valence-corrected chi connectivity index (χ1v) is 13.2. The summed E-state index contributed by atoms with van der Waals surface area (Å²) in [6.07, 6.45) is -2.12. The van der Waals surface area contributed by atoms with Gasteiger partial charge in [-0.3, -0.25) is 0 Å². The lowest BCUT2D eigenvalue weighted by atomic mass is 9.98. The Morgan fingerprint density at radius 1 is 0.625 bits per heavy atom. The topological polar surface area (TPSA) is 93.1 Å². The third-order valence-corrected chi connectivity index (χ3v) is 7.81. The third-order valence-electron chi connectivity index (χ3n) is 7.81. The zero-order valence-electron chi connectivity index (χ0n) is 21.8. The number of hydrogen-bond donors (Lipinski definition) is 1. The number of imide groups is 1. The Kier molecular flexibility index (Phi) is 6.56. The quantitative estimate of drug-likeness (QED) is 0.298. The molecule has 200 valence electrons. The minimum Gasteiger partial charge on any atom is -0.480 e. The van der Waals surface area contributed by atoms with Crippen LogP contribution < -0.4 is 0 Å². The predicted molar refractivity (Wildman–Crippen MR) is 149 cm³/mol. The zero-order chi connectivity index (χ0) is 27.8. The van der Waals surface area contributed by atoms with Gasteiger partial charge in [0.25, 0.3) is 0 Å². The first-order chi connectivity index (χ1) is 19.5. The van der Waals surface area contributed by atoms with Gasteiger partial charge in [-0.15, -0.1) is 0 Å². The fourth-order valence-electron chi connectivity index (χ4n) is 5.83. The highest BCUT2D eigenvalue weighted by Crippen LogP contribution is 2.45. The molecule has 0 saturated carbocycles. The van der Waals surface area contributed by atoms with Crippen LogP contribution in [-0.4, -0.2) is 47.4 Å². The van der Waals surface area contributed by atoms with Crippen molar-refractivity contribution < 1.29 is 29.0 Å². The van der Waals surface area contributed by atoms with Gasteiger partial charge >= 0.3 is 18.2 Å². The minimum atomic E-state index is -1.48. The van der Waals surface area contributed by atoms with Crippen molar-refractivity contribution in [3.05, 3.63) is 119 Å². The van der Waals surface area contributed by atoms with Crippen LogP contribution in [0.25, 0.3) is 22.3 Å². The van der Waals surface area contributed by atoms with Gasteiger partial charge < -0.3 is 14.6 Å². The van der Waals surface area contributed by atoms with E-state index in [-0.39, 0.29) is 25.0 Å². The van der Waals surface area contributed by atoms with Crippen LogP contribution >= 0.6 is 0 Å². The molecule has 1 N–H and O–H groups in total. The maximum Gasteiger partial charge on any atom is 0.420 e. The molecular weight excluding hydrogens is 506 g/mol. The second-order valence-corrected chi connectivity index (χ2v) is 9.99. The van der Waals surface area contributed by atoms with Gasteiger partial charge in [0.05, 0.1) is 0 Å². The number of nitrogens with zero attached hydrogens (tertiary/aromatic N) is 1. The van der Waals surface area contributed by atoms with Crippen LogP contribution in [-0.2, 0) is 14.3 Å². The summed E-state index contributed by atoms with van der Waals surface area (Å²) in [5.74, 6) is -1.82. The second-order valence-electron chi connectivity index (χ2n) is 9.99. The van der Waals surface area contributed by atoms with E-state index >= 15 is 0 Å². The lowest BCUT2D eigenvalue weighted by Gasteiger charge is -2.25. The Balaban J connectivity index is 1.20. The van der Waals surface area contributed by atoms with E-state index in [4.69, 9.17) is 9.47 Å². The summed E-state index contributed by atoms with van der Waals surface area (Å²) in [5.41, 5.74) is 8.28. The molecule has 0 heterocycles. The molecule has 2 amide bonds. The summed E-state index contributed by atoms with van der Waals surface area (Å²) >= 11 is 0. The van der Waals surface area contributed by atoms with Crippen LogP contribution in [0.5, 0.6) is 0 Å². The largest absolute Gasteiger partial charge is 0.480 e. The molecule has 7 nitrogen and oxygen atoms in total. The maximum atomic E-state index is 13.2. The highest BCUT2D eigenvalue weighted by Gasteiger charge is 2.37. The number of fused-ring (bicyclic) bond motifs is 6. The van der Waals surface area contributed by atoms with Gasteiger partial charge in [0.1, 0.15) is 19.3 Å². The van der Waals surface area contributed by atoms with E-state index < -0.39 is 24.2 Å². The van der Waals surface area contributed by atoms with Gasteiger partial charge in [-0.05, 0) is 51.4 Å². The number of carbonyl (C=O) groups excluding carboxylic acids is 2. The summed E-state index contributed by atoms with van der Waals surface area (Å²) in [4.78, 5) is 38.9. The van der Waals surface area contributed by atoms with E-state index in [9.17, 15) is 19.5 Å². The number of amides is 2. The maximum absolute atomic E-state index is 13.2. The SMILES string of the molecule is C[C@@H](C(=O)O)N(C(=O)OCC1c2ccccc2-c2ccccc21)C(=O)OCC1c2ccccc2-c2ccccc21. The number of benzene rings is 4. The Hall–Kier alpha value is -4.91. The van der Waals surface area contributed by atoms with Gasteiger partial charge in [0.15, 0.2) is 0 Å². The van der Waals surface area contributed by atoms with Gasteiger partial charge in [-0.2, -0.15) is 4.90 Å². The van der Waals surface area contributed by atoms with Crippen LogP contribution in [0.15, 0.2) is 97.1 Å². The summed E-state index contributed by atoms with van der Waals surface area (Å²) < 4.78 is 11.2. The molecule has 6 rings (SSSR count). The number of ether oxygens (including phenoxy) is 2. The number of carbonyl (C=O) groups is 3. The fourth-order valence-corrected chi connectivity index (χ4v) is 5.83. The normalized spacial score (nSPS) is 13.9. The molecule has 0 aromatic heterocycles. The van der Waals surface area contributed by atoms with E-state index in [1.807, 2.05) is 97.1 Å². The van der Waals surface area contributed by atoms with E-state index in [0.717, 1.165) is 44.5 Å². The highest BCUT2D eigenvalue weighted by atomic mass is 16.6. The second kappa shape index (κ2) is 10.3. The average Bonchev–Trinajstić information content (AvgIpc) is 3.47. The molecule has 0 bridgehead atoms. The average molecular weight is 534 g/mol. The smallest absolute Gasteiger partial charge is 0.420 e. The Labute approximate surface area is 231 Å². The lowest BCUT2D eigenvalue weighted by Crippen LogP contribution is -2.48. The highest BCUT2D eigenvalue weighted by molar-refractivity contribution is 5.93. The van der Waals surface area contributed by atoms with Crippen molar-refractivity contribution in [1.29, 1.82) is 0 Å². The molecule has 1 atom stereocenters. The monoisotopic (exact) mass is 533 g/mol. The van der Waals surface area contributed by atoms with Crippen molar-refractivity contribution in [2.75, 3.05) is 13.2 Å². The van der Waals surface area contributed by atoms with Crippen LogP contribution in [0.1, 0.15) is 41.0 Å². The standard InChI is InChI=1S/C33H27NO6/c1-20(31(35)36)34(32(37)39-18-29-25-14-6-2-10-21(25)22-11-3-7-15-26(22)29)33(38)40-19-30-27-16-8-4-12-23(27)24-13-5-9-17-28(24)30/h2-17,20,29-30H,18-19H2,1H3,(H,35,36)/t20-/m0/s1. The minimum absolute atomic E-state index is 0.0493. The fraction of sp³-hybridized carbons (Fsp3) is 0.182. The van der Waals surface area contributed by atoms with E-state index in [0.29, 0.717) is 4.90 Å². The zero-order valence-corrected chi connectivity index (χ0v) is 21.8. The molecule has 2 aliphatic carbocycles. The number of aliphatic carboxylic acids is 1. The Morgan fingerprint density at radius 3 is 1.23 bits per heavy atom. The molecule has 0 fully saturated rings. The summed E-state index contributed by atoms with van der Waals surface area (Å²) in [6.45, 7) is 1.16. The van der Waals surface area contributed by atoms with Crippen LogP contribution in [0.3, 0.4) is 0 Å². The molecule has 0 unspecified atom stereocenters. The van der Waals surface area contributed by atoms with Crippen LogP contribution in [0, 0.1) is 0 Å². The van der Waals surface area contributed by atoms with E-state index in [1.165, 1.54) is 6.92 Å². The van der Waals surface area contributed by atoms with Gasteiger partial charge in [-0.25, -0.2) is 14.4 Å². The van der Waals surface area contributed by atoms with Crippen molar-refractivity contribution in [1.82, 2.24) is 4.90 Å². The predicted octanol–water partition coefficient (Wildman–Crippen LogP) is 6.66. The first kappa shape index (κ1) is 25.4. The summed E-state index contributed by atoms with van der Waals surface area (Å²) in [6, 6.07) is 30.1. The van der Waals surface area contributed by atoms with E-state index in [2.05, 4.69) is 0 Å². The third kappa shape index (κ3) is 4.29. The Morgan fingerprint density at radius 2 is 0.925 bits per heavy atom.